The molecular formula is C21H21ClF2O6S2. The lowest BCUT2D eigenvalue weighted by atomic mass is 9.75. The van der Waals surface area contributed by atoms with Gasteiger partial charge in [0.2, 0.25) is 0 Å². The summed E-state index contributed by atoms with van der Waals surface area (Å²) in [5.74, 6) is -3.42. The van der Waals surface area contributed by atoms with E-state index in [1.807, 2.05) is 0 Å². The Bertz CT molecular complexity index is 1250. The van der Waals surface area contributed by atoms with Crippen LogP contribution in [0.2, 0.25) is 5.02 Å². The molecule has 0 spiro atoms. The largest absolute Gasteiger partial charge is 0.490 e. The SMILES string of the molecule is CS(=O)(=O)CC[C@@H]1OCC[C@@]2(S(=O)(=O)c3ccc(Cl)cc3)c3c(F)ccc(F)c3OC[C@@H]12. The van der Waals surface area contributed by atoms with Crippen molar-refractivity contribution in [1.82, 2.24) is 0 Å². The van der Waals surface area contributed by atoms with Crippen LogP contribution in [0.1, 0.15) is 18.4 Å². The van der Waals surface area contributed by atoms with Crippen LogP contribution in [0.4, 0.5) is 8.78 Å². The number of sulfone groups is 2. The number of benzene rings is 2. The van der Waals surface area contributed by atoms with Gasteiger partial charge in [-0.25, -0.2) is 25.6 Å². The first-order valence-electron chi connectivity index (χ1n) is 9.88. The Balaban J connectivity index is 1.95. The van der Waals surface area contributed by atoms with E-state index in [0.29, 0.717) is 5.02 Å². The third-order valence-electron chi connectivity index (χ3n) is 6.12. The lowest BCUT2D eigenvalue weighted by Gasteiger charge is -2.50. The summed E-state index contributed by atoms with van der Waals surface area (Å²) >= 11 is 5.92. The maximum absolute atomic E-state index is 15.2. The van der Waals surface area contributed by atoms with Crippen LogP contribution in [0, 0.1) is 17.6 Å². The van der Waals surface area contributed by atoms with Crippen molar-refractivity contribution in [2.24, 2.45) is 5.92 Å². The number of hydrogen-bond donors (Lipinski definition) is 0. The van der Waals surface area contributed by atoms with Crippen LogP contribution in [-0.4, -0.2) is 48.2 Å². The normalized spacial score (nSPS) is 25.5. The number of rotatable bonds is 5. The van der Waals surface area contributed by atoms with Gasteiger partial charge in [0.1, 0.15) is 20.4 Å². The summed E-state index contributed by atoms with van der Waals surface area (Å²) in [6.07, 6.45) is 0.0671. The minimum atomic E-state index is -4.31. The van der Waals surface area contributed by atoms with Gasteiger partial charge in [0, 0.05) is 23.8 Å². The fourth-order valence-electron chi connectivity index (χ4n) is 4.66. The van der Waals surface area contributed by atoms with Crippen molar-refractivity contribution >= 4 is 31.3 Å². The number of halogens is 3. The molecule has 11 heteroatoms. The van der Waals surface area contributed by atoms with E-state index in [2.05, 4.69) is 0 Å². The van der Waals surface area contributed by atoms with Crippen molar-refractivity contribution in [3.8, 4) is 5.75 Å². The standard InChI is InChI=1S/C21H21ClF2O6S2/c1-31(25,26)11-8-18-15-12-30-20-17(24)7-6-16(23)19(20)21(15,9-10-29-18)32(27,28)14-4-2-13(22)3-5-14/h2-7,15,18H,8-12H2,1H3/t15-,18-,21-/m0/s1. The molecule has 1 saturated heterocycles. The third kappa shape index (κ3) is 3.81. The van der Waals surface area contributed by atoms with Crippen LogP contribution in [0.25, 0.3) is 0 Å². The third-order valence-corrected chi connectivity index (χ3v) is 9.91. The Kier molecular flexibility index (Phi) is 6.02. The number of ether oxygens (including phenoxy) is 2. The fraction of sp³-hybridized carbons (Fsp3) is 0.429. The molecule has 4 rings (SSSR count). The van der Waals surface area contributed by atoms with Crippen molar-refractivity contribution in [1.29, 1.82) is 0 Å². The van der Waals surface area contributed by atoms with Crippen molar-refractivity contribution in [3.63, 3.8) is 0 Å². The second-order valence-electron chi connectivity index (χ2n) is 8.08. The van der Waals surface area contributed by atoms with Crippen LogP contribution < -0.4 is 4.74 Å². The molecule has 0 aromatic heterocycles. The quantitative estimate of drug-likeness (QED) is 0.616. The van der Waals surface area contributed by atoms with E-state index in [1.165, 1.54) is 24.3 Å². The molecule has 2 aromatic carbocycles. The second kappa shape index (κ2) is 8.23. The lowest BCUT2D eigenvalue weighted by Crippen LogP contribution is -2.57. The summed E-state index contributed by atoms with van der Waals surface area (Å²) < 4.78 is 90.8. The molecule has 2 aliphatic rings. The van der Waals surface area contributed by atoms with Crippen LogP contribution >= 0.6 is 11.6 Å². The summed E-state index contributed by atoms with van der Waals surface area (Å²) in [5, 5.41) is 0.320. The Hall–Kier alpha value is -1.75. The molecular weight excluding hydrogens is 486 g/mol. The monoisotopic (exact) mass is 506 g/mol. The molecule has 6 nitrogen and oxygen atoms in total. The molecule has 1 fully saturated rings. The smallest absolute Gasteiger partial charge is 0.189 e. The molecule has 2 aromatic rings. The molecule has 0 aliphatic carbocycles. The summed E-state index contributed by atoms with van der Waals surface area (Å²) in [6, 6.07) is 7.20. The molecule has 0 radical (unpaired) electrons. The van der Waals surface area contributed by atoms with Gasteiger partial charge in [0.25, 0.3) is 0 Å². The van der Waals surface area contributed by atoms with Crippen molar-refractivity contribution in [3.05, 3.63) is 58.6 Å². The van der Waals surface area contributed by atoms with Crippen LogP contribution in [0.3, 0.4) is 0 Å². The summed E-state index contributed by atoms with van der Waals surface area (Å²) in [5.41, 5.74) is -0.378. The highest BCUT2D eigenvalue weighted by Gasteiger charge is 2.61. The zero-order valence-electron chi connectivity index (χ0n) is 17.1. The molecule has 2 aliphatic heterocycles. The molecule has 0 bridgehead atoms. The van der Waals surface area contributed by atoms with Crippen molar-refractivity contribution < 1.29 is 35.1 Å². The van der Waals surface area contributed by atoms with Crippen LogP contribution in [0.5, 0.6) is 5.75 Å². The number of fused-ring (bicyclic) bond motifs is 3. The van der Waals surface area contributed by atoms with Gasteiger partial charge >= 0.3 is 0 Å². The van der Waals surface area contributed by atoms with E-state index in [4.69, 9.17) is 21.1 Å². The molecule has 174 valence electrons. The minimum absolute atomic E-state index is 0.00296. The first-order valence-corrected chi connectivity index (χ1v) is 13.8. The Labute approximate surface area is 190 Å². The topological polar surface area (TPSA) is 86.7 Å². The Morgan fingerprint density at radius 1 is 1.06 bits per heavy atom. The predicted octanol–water partition coefficient (Wildman–Crippen LogP) is 3.52. The molecule has 0 unspecified atom stereocenters. The van der Waals surface area contributed by atoms with E-state index in [9.17, 15) is 21.2 Å². The van der Waals surface area contributed by atoms with E-state index in [-0.39, 0.29) is 42.3 Å². The van der Waals surface area contributed by atoms with Crippen LogP contribution in [0.15, 0.2) is 41.3 Å². The van der Waals surface area contributed by atoms with E-state index in [1.54, 1.807) is 0 Å². The maximum atomic E-state index is 15.2. The van der Waals surface area contributed by atoms with Crippen LogP contribution in [-0.2, 0) is 29.2 Å². The van der Waals surface area contributed by atoms with Gasteiger partial charge in [-0.2, -0.15) is 0 Å². The highest BCUT2D eigenvalue weighted by molar-refractivity contribution is 7.92. The van der Waals surface area contributed by atoms with E-state index >= 15 is 4.39 Å². The second-order valence-corrected chi connectivity index (χ2v) is 13.0. The molecule has 0 amide bonds. The Morgan fingerprint density at radius 3 is 2.38 bits per heavy atom. The average Bonchev–Trinajstić information content (AvgIpc) is 2.73. The zero-order chi connectivity index (χ0) is 23.3. The highest BCUT2D eigenvalue weighted by Crippen LogP contribution is 2.55. The van der Waals surface area contributed by atoms with Gasteiger partial charge in [-0.05, 0) is 49.2 Å². The molecule has 2 heterocycles. The average molecular weight is 507 g/mol. The summed E-state index contributed by atoms with van der Waals surface area (Å²) in [7, 11) is -7.68. The molecule has 0 saturated carbocycles. The van der Waals surface area contributed by atoms with Gasteiger partial charge in [0.05, 0.1) is 28.9 Å². The van der Waals surface area contributed by atoms with Gasteiger partial charge in [-0.15, -0.1) is 0 Å². The molecule has 0 N–H and O–H groups in total. The van der Waals surface area contributed by atoms with Crippen molar-refractivity contribution in [2.75, 3.05) is 25.2 Å². The van der Waals surface area contributed by atoms with E-state index in [0.717, 1.165) is 18.4 Å². The highest BCUT2D eigenvalue weighted by atomic mass is 35.5. The predicted molar refractivity (Wildman–Crippen MR) is 114 cm³/mol. The Morgan fingerprint density at radius 2 is 1.72 bits per heavy atom. The van der Waals surface area contributed by atoms with Gasteiger partial charge in [0.15, 0.2) is 21.4 Å². The van der Waals surface area contributed by atoms with E-state index < -0.39 is 53.8 Å². The minimum Gasteiger partial charge on any atom is -0.490 e. The molecule has 3 atom stereocenters. The lowest BCUT2D eigenvalue weighted by molar-refractivity contribution is -0.0732. The number of hydrogen-bond acceptors (Lipinski definition) is 6. The van der Waals surface area contributed by atoms with Gasteiger partial charge < -0.3 is 9.47 Å². The summed E-state index contributed by atoms with van der Waals surface area (Å²) in [4.78, 5) is -0.104. The maximum Gasteiger partial charge on any atom is 0.189 e. The zero-order valence-corrected chi connectivity index (χ0v) is 19.4. The van der Waals surface area contributed by atoms with Gasteiger partial charge in [-0.1, -0.05) is 11.6 Å². The fourth-order valence-corrected chi connectivity index (χ4v) is 7.80. The first-order chi connectivity index (χ1) is 15.0. The summed E-state index contributed by atoms with van der Waals surface area (Å²) in [6.45, 7) is -0.345. The molecule has 32 heavy (non-hydrogen) atoms. The first kappa shape index (κ1) is 23.4. The van der Waals surface area contributed by atoms with Gasteiger partial charge in [-0.3, -0.25) is 0 Å². The van der Waals surface area contributed by atoms with Crippen molar-refractivity contribution in [2.45, 2.75) is 28.6 Å².